The SMILES string of the molecule is C=CCOC(=O)Nc1ccc2nc(-c3cc(NC(=O)CCCOc4cc5c(cc4OC)C(=O)N4CC(=C)CC4C(OC4CCCCO4)N5C(=O)O)cn3C)[nH]c2c1. The maximum Gasteiger partial charge on any atom is 0.414 e. The van der Waals surface area contributed by atoms with Crippen LogP contribution in [0.15, 0.2) is 67.4 Å². The number of anilines is 3. The van der Waals surface area contributed by atoms with Crippen molar-refractivity contribution in [2.24, 2.45) is 7.05 Å². The molecule has 0 spiro atoms. The lowest BCUT2D eigenvalue weighted by molar-refractivity contribution is -0.195. The van der Waals surface area contributed by atoms with Gasteiger partial charge in [0.05, 0.1) is 53.4 Å². The molecule has 4 aromatic rings. The van der Waals surface area contributed by atoms with Crippen LogP contribution in [0.3, 0.4) is 0 Å². The summed E-state index contributed by atoms with van der Waals surface area (Å²) in [5.74, 6) is 0.401. The van der Waals surface area contributed by atoms with Gasteiger partial charge in [0, 0.05) is 44.6 Å². The predicted octanol–water partition coefficient (Wildman–Crippen LogP) is 6.25. The highest BCUT2D eigenvalue weighted by Gasteiger charge is 2.48. The lowest BCUT2D eigenvalue weighted by Gasteiger charge is -2.37. The number of carbonyl (C=O) groups excluding carboxylic acids is 3. The fourth-order valence-electron chi connectivity index (χ4n) is 7.30. The van der Waals surface area contributed by atoms with Crippen LogP contribution in [0.1, 0.15) is 48.9 Å². The largest absolute Gasteiger partial charge is 0.493 e. The molecule has 5 heterocycles. The van der Waals surface area contributed by atoms with E-state index in [2.05, 4.69) is 33.8 Å². The number of nitrogens with zero attached hydrogens (tertiary/aromatic N) is 4. The zero-order valence-electron chi connectivity index (χ0n) is 31.7. The number of aryl methyl sites for hydroxylation is 1. The third kappa shape index (κ3) is 8.44. The molecule has 0 bridgehead atoms. The zero-order valence-corrected chi connectivity index (χ0v) is 31.7. The van der Waals surface area contributed by atoms with Gasteiger partial charge in [-0.1, -0.05) is 24.8 Å². The van der Waals surface area contributed by atoms with Gasteiger partial charge in [-0.25, -0.2) is 19.5 Å². The zero-order chi connectivity index (χ0) is 40.2. The van der Waals surface area contributed by atoms with Gasteiger partial charge in [-0.2, -0.15) is 0 Å². The second-order valence-electron chi connectivity index (χ2n) is 14.0. The lowest BCUT2D eigenvalue weighted by atomic mass is 10.1. The van der Waals surface area contributed by atoms with E-state index in [4.69, 9.17) is 23.7 Å². The Kier molecular flexibility index (Phi) is 11.5. The summed E-state index contributed by atoms with van der Waals surface area (Å²) in [4.78, 5) is 62.5. The number of fused-ring (bicyclic) bond motifs is 3. The Hall–Kier alpha value is -6.33. The first-order chi connectivity index (χ1) is 27.5. The number of hydrogen-bond acceptors (Lipinski definition) is 10. The monoisotopic (exact) mass is 783 g/mol. The first-order valence-corrected chi connectivity index (χ1v) is 18.7. The predicted molar refractivity (Wildman–Crippen MR) is 210 cm³/mol. The molecule has 300 valence electrons. The molecule has 0 aliphatic carbocycles. The fourth-order valence-corrected chi connectivity index (χ4v) is 7.30. The smallest absolute Gasteiger partial charge is 0.414 e. The normalized spacial score (nSPS) is 19.1. The summed E-state index contributed by atoms with van der Waals surface area (Å²) in [5.41, 5.74) is 4.23. The van der Waals surface area contributed by atoms with Crippen LogP contribution < -0.4 is 25.0 Å². The molecule has 0 radical (unpaired) electrons. The van der Waals surface area contributed by atoms with E-state index in [0.717, 1.165) is 29.0 Å². The van der Waals surface area contributed by atoms with Gasteiger partial charge in [0.25, 0.3) is 5.91 Å². The molecule has 3 aliphatic heterocycles. The first kappa shape index (κ1) is 38.9. The molecule has 3 atom stereocenters. The number of carboxylic acid groups (broad SMARTS) is 1. The van der Waals surface area contributed by atoms with Crippen molar-refractivity contribution in [2.45, 2.75) is 57.1 Å². The van der Waals surface area contributed by atoms with Gasteiger partial charge in [-0.05, 0) is 62.4 Å². The number of carbonyl (C=O) groups is 4. The number of imidazole rings is 1. The van der Waals surface area contributed by atoms with Crippen molar-refractivity contribution in [3.8, 4) is 23.0 Å². The molecule has 4 N–H and O–H groups in total. The van der Waals surface area contributed by atoms with Crippen LogP contribution in [0.2, 0.25) is 0 Å². The Bertz CT molecular complexity index is 2210. The minimum absolute atomic E-state index is 0.0931. The molecule has 2 aromatic carbocycles. The molecule has 7 rings (SSSR count). The van der Waals surface area contributed by atoms with Crippen molar-refractivity contribution < 1.29 is 48.0 Å². The van der Waals surface area contributed by atoms with Crippen LogP contribution >= 0.6 is 0 Å². The molecule has 57 heavy (non-hydrogen) atoms. The van der Waals surface area contributed by atoms with Crippen molar-refractivity contribution in [3.63, 3.8) is 0 Å². The van der Waals surface area contributed by atoms with Gasteiger partial charge in [-0.3, -0.25) is 14.9 Å². The third-order valence-corrected chi connectivity index (χ3v) is 9.94. The van der Waals surface area contributed by atoms with Gasteiger partial charge < -0.3 is 48.6 Å². The Balaban J connectivity index is 1.01. The maximum absolute atomic E-state index is 14.0. The standard InChI is InChI=1S/C40H45N7O10/c1-5-13-56-39(50)42-24-11-12-27-28(17-24)44-36(43-27)30-18-25(22-45(30)3)41-34(48)9-8-15-54-33-20-29-26(19-32(33)53-4)37(49)46-21-23(2)16-31(46)38(47(29)40(51)52)57-35-10-6-7-14-55-35/h5,11-12,17-20,22,31,35,38H,1-2,6-10,13-16,21H2,3-4H3,(H,41,48)(H,42,50)(H,43,44)(H,51,52). The second kappa shape index (κ2) is 16.8. The highest BCUT2D eigenvalue weighted by molar-refractivity contribution is 6.06. The molecule has 2 aromatic heterocycles. The topological polar surface area (TPSA) is 199 Å². The highest BCUT2D eigenvalue weighted by Crippen LogP contribution is 2.43. The average molecular weight is 784 g/mol. The molecule has 17 heteroatoms. The van der Waals surface area contributed by atoms with Crippen molar-refractivity contribution >= 4 is 52.1 Å². The summed E-state index contributed by atoms with van der Waals surface area (Å²) in [7, 11) is 3.27. The quantitative estimate of drug-likeness (QED) is 0.0884. The lowest BCUT2D eigenvalue weighted by Crippen LogP contribution is -2.53. The van der Waals surface area contributed by atoms with Crippen LogP contribution in [0.4, 0.5) is 26.7 Å². The number of rotatable bonds is 13. The van der Waals surface area contributed by atoms with Crippen LogP contribution in [0, 0.1) is 0 Å². The first-order valence-electron chi connectivity index (χ1n) is 18.7. The number of ether oxygens (including phenoxy) is 5. The minimum Gasteiger partial charge on any atom is -0.493 e. The summed E-state index contributed by atoms with van der Waals surface area (Å²) < 4.78 is 30.6. The summed E-state index contributed by atoms with van der Waals surface area (Å²) in [6.45, 7) is 8.56. The Labute approximate surface area is 328 Å². The summed E-state index contributed by atoms with van der Waals surface area (Å²) in [6, 6.07) is 9.39. The molecular formula is C40H45N7O10. The molecule has 4 amide bonds. The van der Waals surface area contributed by atoms with E-state index in [-0.39, 0.29) is 60.7 Å². The Morgan fingerprint density at radius 3 is 2.72 bits per heavy atom. The van der Waals surface area contributed by atoms with Gasteiger partial charge >= 0.3 is 12.2 Å². The molecule has 0 saturated carbocycles. The van der Waals surface area contributed by atoms with Crippen molar-refractivity contribution in [1.82, 2.24) is 19.4 Å². The van der Waals surface area contributed by atoms with Gasteiger partial charge in [0.2, 0.25) is 5.91 Å². The van der Waals surface area contributed by atoms with E-state index >= 15 is 0 Å². The summed E-state index contributed by atoms with van der Waals surface area (Å²) in [6.07, 6.45) is 2.86. The molecule has 2 fully saturated rings. The van der Waals surface area contributed by atoms with E-state index in [1.165, 1.54) is 25.3 Å². The number of benzene rings is 2. The number of nitrogens with one attached hydrogen (secondary N) is 3. The molecular weight excluding hydrogens is 738 g/mol. The van der Waals surface area contributed by atoms with E-state index in [1.54, 1.807) is 35.4 Å². The highest BCUT2D eigenvalue weighted by atomic mass is 16.7. The van der Waals surface area contributed by atoms with Gasteiger partial charge in [0.1, 0.15) is 6.61 Å². The average Bonchev–Trinajstić information content (AvgIpc) is 3.89. The van der Waals surface area contributed by atoms with Crippen molar-refractivity contribution in [1.29, 1.82) is 0 Å². The van der Waals surface area contributed by atoms with E-state index in [9.17, 15) is 24.3 Å². The number of H-pyrrole nitrogens is 1. The number of methoxy groups -OCH3 is 1. The fraction of sp³-hybridized carbons (Fsp3) is 0.375. The van der Waals surface area contributed by atoms with Crippen molar-refractivity contribution in [3.05, 3.63) is 73.0 Å². The molecule has 3 unspecified atom stereocenters. The molecule has 2 saturated heterocycles. The van der Waals surface area contributed by atoms with Crippen LogP contribution in [0.25, 0.3) is 22.6 Å². The number of aromatic nitrogens is 3. The second-order valence-corrected chi connectivity index (χ2v) is 14.0. The van der Waals surface area contributed by atoms with E-state index < -0.39 is 30.7 Å². The number of hydrogen-bond donors (Lipinski definition) is 4. The minimum atomic E-state index is -1.30. The summed E-state index contributed by atoms with van der Waals surface area (Å²) in [5, 5.41) is 16.2. The number of amides is 4. The van der Waals surface area contributed by atoms with Gasteiger partial charge in [-0.15, -0.1) is 0 Å². The third-order valence-electron chi connectivity index (χ3n) is 9.94. The van der Waals surface area contributed by atoms with Crippen molar-refractivity contribution in [2.75, 3.05) is 49.0 Å². The summed E-state index contributed by atoms with van der Waals surface area (Å²) >= 11 is 0. The van der Waals surface area contributed by atoms with E-state index in [1.807, 2.05) is 11.6 Å². The van der Waals surface area contributed by atoms with Crippen LogP contribution in [-0.2, 0) is 26.1 Å². The molecule has 17 nitrogen and oxygen atoms in total. The van der Waals surface area contributed by atoms with E-state index in [0.29, 0.717) is 54.1 Å². The number of aromatic amines is 1. The maximum atomic E-state index is 14.0. The molecule has 3 aliphatic rings. The van der Waals surface area contributed by atoms with Gasteiger partial charge in [0.15, 0.2) is 29.8 Å². The Morgan fingerprint density at radius 2 is 1.96 bits per heavy atom. The Morgan fingerprint density at radius 1 is 1.12 bits per heavy atom. The van der Waals surface area contributed by atoms with Crippen LogP contribution in [0.5, 0.6) is 11.5 Å². The van der Waals surface area contributed by atoms with Crippen LogP contribution in [-0.4, -0.2) is 101 Å².